The number of carbonyl (C=O) groups excluding carboxylic acids is 1. The fourth-order valence-electron chi connectivity index (χ4n) is 4.62. The Labute approximate surface area is 128 Å². The number of hydrogen-bond donors (Lipinski definition) is 2. The van der Waals surface area contributed by atoms with E-state index in [-0.39, 0.29) is 5.91 Å². The summed E-state index contributed by atoms with van der Waals surface area (Å²) in [4.78, 5) is 14.6. The van der Waals surface area contributed by atoms with Gasteiger partial charge in [-0.1, -0.05) is 13.3 Å². The molecule has 3 aliphatic rings. The molecule has 3 unspecified atom stereocenters. The van der Waals surface area contributed by atoms with Crippen LogP contribution in [0.5, 0.6) is 0 Å². The summed E-state index contributed by atoms with van der Waals surface area (Å²) >= 11 is 0. The van der Waals surface area contributed by atoms with E-state index in [4.69, 9.17) is 5.73 Å². The number of nitrogens with zero attached hydrogens (tertiary/aromatic N) is 1. The zero-order valence-corrected chi connectivity index (χ0v) is 13.4. The van der Waals surface area contributed by atoms with Gasteiger partial charge < -0.3 is 11.1 Å². The molecule has 1 aliphatic heterocycles. The van der Waals surface area contributed by atoms with Gasteiger partial charge in [-0.2, -0.15) is 0 Å². The number of nitrogens with two attached hydrogens (primary N) is 1. The minimum Gasteiger partial charge on any atom is -0.352 e. The highest BCUT2D eigenvalue weighted by Gasteiger charge is 2.39. The van der Waals surface area contributed by atoms with Crippen molar-refractivity contribution >= 4 is 5.91 Å². The Bertz CT molecular complexity index is 365. The quantitative estimate of drug-likeness (QED) is 0.833. The van der Waals surface area contributed by atoms with Crippen molar-refractivity contribution in [2.75, 3.05) is 19.6 Å². The van der Waals surface area contributed by atoms with E-state index in [0.717, 1.165) is 37.8 Å². The van der Waals surface area contributed by atoms with Crippen molar-refractivity contribution in [1.29, 1.82) is 0 Å². The van der Waals surface area contributed by atoms with E-state index in [2.05, 4.69) is 17.1 Å². The Kier molecular flexibility index (Phi) is 4.85. The maximum Gasteiger partial charge on any atom is 0.234 e. The van der Waals surface area contributed by atoms with Gasteiger partial charge in [-0.3, -0.25) is 9.69 Å². The largest absolute Gasteiger partial charge is 0.352 e. The molecule has 0 aromatic carbocycles. The van der Waals surface area contributed by atoms with E-state index in [1.54, 1.807) is 0 Å². The number of amides is 1. The zero-order chi connectivity index (χ0) is 14.8. The van der Waals surface area contributed by atoms with Gasteiger partial charge in [0.05, 0.1) is 6.54 Å². The average molecular weight is 293 g/mol. The van der Waals surface area contributed by atoms with Crippen molar-refractivity contribution in [3.05, 3.63) is 0 Å². The van der Waals surface area contributed by atoms with E-state index in [9.17, 15) is 4.79 Å². The van der Waals surface area contributed by atoms with E-state index in [1.807, 2.05) is 0 Å². The standard InChI is InChI=1S/C17H31N3O/c1-12-5-7-14(8-6-12)19-17(21)11-20-9-13-3-2-4-16(18)15(13)10-20/h12-16H,2-11,18H2,1H3,(H,19,21). The van der Waals surface area contributed by atoms with Crippen molar-refractivity contribution in [3.63, 3.8) is 0 Å². The van der Waals surface area contributed by atoms with Crippen LogP contribution in [0, 0.1) is 17.8 Å². The monoisotopic (exact) mass is 293 g/mol. The van der Waals surface area contributed by atoms with Crippen LogP contribution >= 0.6 is 0 Å². The molecule has 0 bridgehead atoms. The lowest BCUT2D eigenvalue weighted by molar-refractivity contribution is -0.123. The molecule has 1 amide bonds. The van der Waals surface area contributed by atoms with Gasteiger partial charge in [-0.25, -0.2) is 0 Å². The number of nitrogens with one attached hydrogen (secondary N) is 1. The Morgan fingerprint density at radius 3 is 2.62 bits per heavy atom. The van der Waals surface area contributed by atoms with Gasteiger partial charge in [0.1, 0.15) is 0 Å². The summed E-state index contributed by atoms with van der Waals surface area (Å²) in [5, 5.41) is 3.25. The first-order valence-electron chi connectivity index (χ1n) is 8.89. The molecular weight excluding hydrogens is 262 g/mol. The number of hydrogen-bond acceptors (Lipinski definition) is 3. The van der Waals surface area contributed by atoms with Crippen molar-refractivity contribution < 1.29 is 4.79 Å². The molecule has 0 radical (unpaired) electrons. The van der Waals surface area contributed by atoms with Gasteiger partial charge in [0.25, 0.3) is 0 Å². The highest BCUT2D eigenvalue weighted by atomic mass is 16.2. The third-order valence-corrected chi connectivity index (χ3v) is 5.98. The van der Waals surface area contributed by atoms with Gasteiger partial charge in [0.15, 0.2) is 0 Å². The fraction of sp³-hybridized carbons (Fsp3) is 0.941. The van der Waals surface area contributed by atoms with Gasteiger partial charge in [0, 0.05) is 25.2 Å². The molecular formula is C17H31N3O. The normalized spacial score (nSPS) is 40.8. The fourth-order valence-corrected chi connectivity index (χ4v) is 4.62. The van der Waals surface area contributed by atoms with Crippen LogP contribution in [0.25, 0.3) is 0 Å². The molecule has 0 aromatic heterocycles. The van der Waals surface area contributed by atoms with Gasteiger partial charge in [-0.15, -0.1) is 0 Å². The second-order valence-electron chi connectivity index (χ2n) is 7.74. The smallest absolute Gasteiger partial charge is 0.234 e. The van der Waals surface area contributed by atoms with Crippen LogP contribution in [0.3, 0.4) is 0 Å². The van der Waals surface area contributed by atoms with Crippen LogP contribution in [-0.4, -0.2) is 42.5 Å². The molecule has 21 heavy (non-hydrogen) atoms. The maximum absolute atomic E-state index is 12.3. The van der Waals surface area contributed by atoms with E-state index in [0.29, 0.717) is 24.5 Å². The lowest BCUT2D eigenvalue weighted by Crippen LogP contribution is -2.43. The molecule has 1 saturated heterocycles. The SMILES string of the molecule is CC1CCC(NC(=O)CN2CC3CCCC(N)C3C2)CC1. The van der Waals surface area contributed by atoms with Crippen molar-refractivity contribution in [2.24, 2.45) is 23.5 Å². The van der Waals surface area contributed by atoms with Crippen LogP contribution in [0.15, 0.2) is 0 Å². The van der Waals surface area contributed by atoms with Crippen LogP contribution < -0.4 is 11.1 Å². The second kappa shape index (κ2) is 6.66. The third-order valence-electron chi connectivity index (χ3n) is 5.98. The molecule has 3 fully saturated rings. The molecule has 0 aromatic rings. The average Bonchev–Trinajstić information content (AvgIpc) is 2.85. The molecule has 1 heterocycles. The maximum atomic E-state index is 12.3. The highest BCUT2D eigenvalue weighted by Crippen LogP contribution is 2.35. The number of carbonyl (C=O) groups is 1. The van der Waals surface area contributed by atoms with E-state index >= 15 is 0 Å². The lowest BCUT2D eigenvalue weighted by atomic mass is 9.78. The number of fused-ring (bicyclic) bond motifs is 1. The summed E-state index contributed by atoms with van der Waals surface area (Å²) in [6.45, 7) is 4.99. The van der Waals surface area contributed by atoms with Crippen molar-refractivity contribution in [3.8, 4) is 0 Å². The van der Waals surface area contributed by atoms with E-state index < -0.39 is 0 Å². The van der Waals surface area contributed by atoms with Crippen LogP contribution in [-0.2, 0) is 4.79 Å². The molecule has 2 saturated carbocycles. The first-order chi connectivity index (χ1) is 10.1. The summed E-state index contributed by atoms with van der Waals surface area (Å²) in [5.41, 5.74) is 6.25. The van der Waals surface area contributed by atoms with Gasteiger partial charge in [-0.05, 0) is 56.3 Å². The zero-order valence-electron chi connectivity index (χ0n) is 13.4. The summed E-state index contributed by atoms with van der Waals surface area (Å²) in [7, 11) is 0. The topological polar surface area (TPSA) is 58.4 Å². The predicted octanol–water partition coefficient (Wildman–Crippen LogP) is 1.74. The van der Waals surface area contributed by atoms with E-state index in [1.165, 1.54) is 32.1 Å². The highest BCUT2D eigenvalue weighted by molar-refractivity contribution is 5.78. The molecule has 3 N–H and O–H groups in total. The summed E-state index contributed by atoms with van der Waals surface area (Å²) in [5.74, 6) is 2.42. The van der Waals surface area contributed by atoms with Crippen molar-refractivity contribution in [1.82, 2.24) is 10.2 Å². The lowest BCUT2D eigenvalue weighted by Gasteiger charge is -2.30. The molecule has 3 atom stereocenters. The number of rotatable bonds is 3. The molecule has 4 heteroatoms. The molecule has 3 rings (SSSR count). The third kappa shape index (κ3) is 3.78. The second-order valence-corrected chi connectivity index (χ2v) is 7.74. The van der Waals surface area contributed by atoms with Crippen LogP contribution in [0.1, 0.15) is 51.9 Å². The summed E-state index contributed by atoms with van der Waals surface area (Å²) in [6.07, 6.45) is 8.56. The number of likely N-dealkylation sites (tertiary alicyclic amines) is 1. The molecule has 4 nitrogen and oxygen atoms in total. The van der Waals surface area contributed by atoms with Gasteiger partial charge in [0.2, 0.25) is 5.91 Å². The Morgan fingerprint density at radius 2 is 1.90 bits per heavy atom. The summed E-state index contributed by atoms with van der Waals surface area (Å²) in [6, 6.07) is 0.775. The van der Waals surface area contributed by atoms with Crippen molar-refractivity contribution in [2.45, 2.75) is 64.0 Å². The van der Waals surface area contributed by atoms with Crippen LogP contribution in [0.4, 0.5) is 0 Å². The first kappa shape index (κ1) is 15.3. The van der Waals surface area contributed by atoms with Crippen LogP contribution in [0.2, 0.25) is 0 Å². The first-order valence-corrected chi connectivity index (χ1v) is 8.89. The molecule has 2 aliphatic carbocycles. The Balaban J connectivity index is 1.43. The Morgan fingerprint density at radius 1 is 1.14 bits per heavy atom. The molecule has 120 valence electrons. The Hall–Kier alpha value is -0.610. The minimum absolute atomic E-state index is 0.224. The molecule has 0 spiro atoms. The predicted molar refractivity (Wildman–Crippen MR) is 84.8 cm³/mol. The minimum atomic E-state index is 0.224. The van der Waals surface area contributed by atoms with Gasteiger partial charge >= 0.3 is 0 Å². The summed E-state index contributed by atoms with van der Waals surface area (Å²) < 4.78 is 0.